The lowest BCUT2D eigenvalue weighted by Crippen LogP contribution is -2.25. The first-order valence-electron chi connectivity index (χ1n) is 18.8. The molecule has 256 valence electrons. The lowest BCUT2D eigenvalue weighted by Gasteiger charge is -2.30. The molecule has 3 heteroatoms. The van der Waals surface area contributed by atoms with Crippen LogP contribution in [0.3, 0.4) is 0 Å². The maximum Gasteiger partial charge on any atom is 0.164 e. The molecule has 2 aliphatic carbocycles. The Hall–Kier alpha value is -7.23. The molecule has 0 bridgehead atoms. The summed E-state index contributed by atoms with van der Waals surface area (Å²) < 4.78 is 0. The van der Waals surface area contributed by atoms with Crippen LogP contribution in [0, 0.1) is 0 Å². The van der Waals surface area contributed by atoms with E-state index in [0.717, 1.165) is 38.9 Å². The summed E-state index contributed by atoms with van der Waals surface area (Å²) in [6.45, 7) is 0. The zero-order valence-corrected chi connectivity index (χ0v) is 29.9. The third-order valence-electron chi connectivity index (χ3n) is 11.3. The zero-order valence-electron chi connectivity index (χ0n) is 29.9. The molecule has 0 N–H and O–H groups in total. The van der Waals surface area contributed by atoms with Gasteiger partial charge in [0.2, 0.25) is 0 Å². The van der Waals surface area contributed by atoms with Crippen LogP contribution in [-0.4, -0.2) is 15.0 Å². The molecule has 0 amide bonds. The molecule has 55 heavy (non-hydrogen) atoms. The standard InChI is InChI=1S/C52H33N3/c1-4-16-34(17-5-1)38-30-39(35-18-6-2-7-19-35)32-40(31-38)51-54-49(36-20-8-3-9-21-36)53-50(55-51)37-28-29-44-43-24-12-15-27-47(43)52(48(44)33-37)45-25-13-10-22-41(45)42-23-11-14-26-46(42)52/h1-33H. The molecule has 0 radical (unpaired) electrons. The van der Waals surface area contributed by atoms with Gasteiger partial charge in [-0.25, -0.2) is 15.0 Å². The summed E-state index contributed by atoms with van der Waals surface area (Å²) in [5, 5.41) is 0. The van der Waals surface area contributed by atoms with Crippen molar-refractivity contribution in [3.05, 3.63) is 222 Å². The Kier molecular flexibility index (Phi) is 7.08. The Morgan fingerprint density at radius 1 is 0.236 bits per heavy atom. The Balaban J connectivity index is 1.15. The molecule has 0 atom stereocenters. The van der Waals surface area contributed by atoms with Crippen LogP contribution in [0.4, 0.5) is 0 Å². The van der Waals surface area contributed by atoms with Gasteiger partial charge in [-0.15, -0.1) is 0 Å². The van der Waals surface area contributed by atoms with Crippen LogP contribution in [0.25, 0.3) is 78.7 Å². The number of benzene rings is 8. The summed E-state index contributed by atoms with van der Waals surface area (Å²) >= 11 is 0. The van der Waals surface area contributed by atoms with Crippen molar-refractivity contribution >= 4 is 0 Å². The first kappa shape index (κ1) is 31.3. The van der Waals surface area contributed by atoms with E-state index in [9.17, 15) is 0 Å². The zero-order chi connectivity index (χ0) is 36.3. The lowest BCUT2D eigenvalue weighted by atomic mass is 9.70. The van der Waals surface area contributed by atoms with Crippen LogP contribution < -0.4 is 0 Å². The van der Waals surface area contributed by atoms with E-state index in [0.29, 0.717) is 17.5 Å². The van der Waals surface area contributed by atoms with Gasteiger partial charge in [0, 0.05) is 16.7 Å². The third kappa shape index (κ3) is 4.87. The van der Waals surface area contributed by atoms with E-state index >= 15 is 0 Å². The van der Waals surface area contributed by atoms with Crippen molar-refractivity contribution in [2.24, 2.45) is 0 Å². The summed E-state index contributed by atoms with van der Waals surface area (Å²) in [4.78, 5) is 15.7. The molecule has 1 aromatic heterocycles. The van der Waals surface area contributed by atoms with Crippen molar-refractivity contribution in [2.45, 2.75) is 5.41 Å². The van der Waals surface area contributed by atoms with Gasteiger partial charge in [0.1, 0.15) is 0 Å². The minimum atomic E-state index is -0.457. The molecule has 3 nitrogen and oxygen atoms in total. The first-order chi connectivity index (χ1) is 27.3. The fraction of sp³-hybridized carbons (Fsp3) is 0.0192. The van der Waals surface area contributed by atoms with Crippen molar-refractivity contribution in [1.82, 2.24) is 15.0 Å². The van der Waals surface area contributed by atoms with Gasteiger partial charge in [0.15, 0.2) is 17.5 Å². The molecular weight excluding hydrogens is 667 g/mol. The predicted octanol–water partition coefficient (Wildman–Crippen LogP) is 12.6. The van der Waals surface area contributed by atoms with Gasteiger partial charge in [-0.05, 0) is 91.0 Å². The first-order valence-corrected chi connectivity index (χ1v) is 18.8. The highest BCUT2D eigenvalue weighted by molar-refractivity contribution is 5.95. The topological polar surface area (TPSA) is 38.7 Å². The van der Waals surface area contributed by atoms with Crippen LogP contribution in [0.1, 0.15) is 22.3 Å². The Morgan fingerprint density at radius 3 is 1.09 bits per heavy atom. The fourth-order valence-electron chi connectivity index (χ4n) is 8.94. The minimum Gasteiger partial charge on any atom is -0.208 e. The van der Waals surface area contributed by atoms with E-state index in [-0.39, 0.29) is 0 Å². The van der Waals surface area contributed by atoms with Gasteiger partial charge in [-0.1, -0.05) is 176 Å². The average Bonchev–Trinajstić information content (AvgIpc) is 3.74. The maximum absolute atomic E-state index is 5.33. The van der Waals surface area contributed by atoms with Crippen LogP contribution >= 0.6 is 0 Å². The second kappa shape index (κ2) is 12.4. The molecule has 11 rings (SSSR count). The normalized spacial score (nSPS) is 12.9. The van der Waals surface area contributed by atoms with E-state index < -0.39 is 5.41 Å². The molecule has 0 unspecified atom stereocenters. The van der Waals surface area contributed by atoms with E-state index in [1.54, 1.807) is 0 Å². The maximum atomic E-state index is 5.33. The number of rotatable bonds is 5. The SMILES string of the molecule is c1ccc(-c2cc(-c3ccccc3)cc(-c3nc(-c4ccccc4)nc(-c4ccc5c(c4)C4(c6ccccc6-c6ccccc64)c4ccccc4-5)n3)c2)cc1. The highest BCUT2D eigenvalue weighted by atomic mass is 15.0. The molecule has 0 aliphatic heterocycles. The monoisotopic (exact) mass is 699 g/mol. The average molecular weight is 700 g/mol. The Bertz CT molecular complexity index is 2800. The largest absolute Gasteiger partial charge is 0.208 e. The van der Waals surface area contributed by atoms with Gasteiger partial charge in [0.25, 0.3) is 0 Å². The minimum absolute atomic E-state index is 0.457. The molecular formula is C52H33N3. The van der Waals surface area contributed by atoms with Crippen molar-refractivity contribution in [3.8, 4) is 78.7 Å². The molecule has 2 aliphatic rings. The van der Waals surface area contributed by atoms with Crippen molar-refractivity contribution in [2.75, 3.05) is 0 Å². The number of nitrogens with zero attached hydrogens (tertiary/aromatic N) is 3. The van der Waals surface area contributed by atoms with Crippen LogP contribution in [0.2, 0.25) is 0 Å². The number of hydrogen-bond donors (Lipinski definition) is 0. The molecule has 1 spiro atoms. The van der Waals surface area contributed by atoms with Gasteiger partial charge in [-0.3, -0.25) is 0 Å². The molecule has 8 aromatic carbocycles. The quantitative estimate of drug-likeness (QED) is 0.179. The van der Waals surface area contributed by atoms with Crippen molar-refractivity contribution < 1.29 is 0 Å². The summed E-state index contributed by atoms with van der Waals surface area (Å²) in [6, 6.07) is 71.5. The van der Waals surface area contributed by atoms with E-state index in [1.807, 2.05) is 18.2 Å². The van der Waals surface area contributed by atoms with Gasteiger partial charge >= 0.3 is 0 Å². The molecule has 0 fully saturated rings. The van der Waals surface area contributed by atoms with Crippen LogP contribution in [0.15, 0.2) is 200 Å². The molecule has 0 saturated carbocycles. The van der Waals surface area contributed by atoms with Gasteiger partial charge < -0.3 is 0 Å². The van der Waals surface area contributed by atoms with Gasteiger partial charge in [0.05, 0.1) is 5.41 Å². The van der Waals surface area contributed by atoms with Gasteiger partial charge in [-0.2, -0.15) is 0 Å². The molecule has 1 heterocycles. The van der Waals surface area contributed by atoms with E-state index in [1.165, 1.54) is 44.5 Å². The third-order valence-corrected chi connectivity index (χ3v) is 11.3. The fourth-order valence-corrected chi connectivity index (χ4v) is 8.94. The molecule has 0 saturated heterocycles. The summed E-state index contributed by atoms with van der Waals surface area (Å²) in [5.74, 6) is 1.92. The number of fused-ring (bicyclic) bond motifs is 10. The van der Waals surface area contributed by atoms with Crippen molar-refractivity contribution in [1.29, 1.82) is 0 Å². The van der Waals surface area contributed by atoms with Crippen molar-refractivity contribution in [3.63, 3.8) is 0 Å². The summed E-state index contributed by atoms with van der Waals surface area (Å²) in [7, 11) is 0. The lowest BCUT2D eigenvalue weighted by molar-refractivity contribution is 0.794. The second-order valence-electron chi connectivity index (χ2n) is 14.4. The second-order valence-corrected chi connectivity index (χ2v) is 14.4. The molecule has 9 aromatic rings. The van der Waals surface area contributed by atoms with E-state index in [4.69, 9.17) is 15.0 Å². The smallest absolute Gasteiger partial charge is 0.164 e. The highest BCUT2D eigenvalue weighted by Gasteiger charge is 2.51. The Labute approximate surface area is 320 Å². The predicted molar refractivity (Wildman–Crippen MR) is 223 cm³/mol. The van der Waals surface area contributed by atoms with E-state index in [2.05, 4.69) is 182 Å². The van der Waals surface area contributed by atoms with Crippen LogP contribution in [-0.2, 0) is 5.41 Å². The number of hydrogen-bond acceptors (Lipinski definition) is 3. The van der Waals surface area contributed by atoms with Crippen LogP contribution in [0.5, 0.6) is 0 Å². The summed E-state index contributed by atoms with van der Waals surface area (Å²) in [6.07, 6.45) is 0. The number of aromatic nitrogens is 3. The highest BCUT2D eigenvalue weighted by Crippen LogP contribution is 2.63. The Morgan fingerprint density at radius 2 is 0.600 bits per heavy atom. The summed E-state index contributed by atoms with van der Waals surface area (Å²) in [5.41, 5.74) is 17.1.